The number of rotatable bonds is 3. The third kappa shape index (κ3) is 3.53. The number of hydrogen-bond donors (Lipinski definition) is 1. The molecule has 0 aliphatic heterocycles. The number of aliphatic hydroxyl groups is 1. The van der Waals surface area contributed by atoms with Crippen molar-refractivity contribution in [3.63, 3.8) is 0 Å². The zero-order chi connectivity index (χ0) is 14.8. The van der Waals surface area contributed by atoms with Crippen molar-refractivity contribution in [3.05, 3.63) is 58.6 Å². The van der Waals surface area contributed by atoms with Crippen molar-refractivity contribution in [1.29, 1.82) is 0 Å². The van der Waals surface area contributed by atoms with E-state index in [1.54, 1.807) is 18.2 Å². The van der Waals surface area contributed by atoms with Crippen LogP contribution in [0.25, 0.3) is 0 Å². The predicted molar refractivity (Wildman–Crippen MR) is 82.6 cm³/mol. The van der Waals surface area contributed by atoms with Gasteiger partial charge in [0.25, 0.3) is 0 Å². The summed E-state index contributed by atoms with van der Waals surface area (Å²) in [6.07, 6.45) is 0. The lowest BCUT2D eigenvalue weighted by atomic mass is 9.87. The quantitative estimate of drug-likeness (QED) is 0.869. The summed E-state index contributed by atoms with van der Waals surface area (Å²) in [7, 11) is 0. The predicted octanol–water partition coefficient (Wildman–Crippen LogP) is 4.92. The number of benzene rings is 2. The average Bonchev–Trinajstić information content (AvgIpc) is 2.38. The summed E-state index contributed by atoms with van der Waals surface area (Å²) in [4.78, 5) is 0. The smallest absolute Gasteiger partial charge is 0.134 e. The second-order valence-electron chi connectivity index (χ2n) is 5.79. The molecule has 0 unspecified atom stereocenters. The molecule has 0 atom stereocenters. The molecule has 2 aromatic rings. The van der Waals surface area contributed by atoms with Crippen molar-refractivity contribution < 1.29 is 9.84 Å². The van der Waals surface area contributed by atoms with E-state index in [1.807, 2.05) is 12.1 Å². The molecule has 20 heavy (non-hydrogen) atoms. The van der Waals surface area contributed by atoms with E-state index in [2.05, 4.69) is 32.9 Å². The molecule has 0 aliphatic carbocycles. The first-order chi connectivity index (χ1) is 9.40. The summed E-state index contributed by atoms with van der Waals surface area (Å²) >= 11 is 5.96. The summed E-state index contributed by atoms with van der Waals surface area (Å²) < 4.78 is 5.80. The first-order valence-electron chi connectivity index (χ1n) is 6.58. The van der Waals surface area contributed by atoms with Crippen LogP contribution in [0.1, 0.15) is 31.9 Å². The maximum atomic E-state index is 9.32. The number of aliphatic hydroxyl groups excluding tert-OH is 1. The normalized spacial score (nSPS) is 11.4. The minimum atomic E-state index is -0.0768. The Kier molecular flexibility index (Phi) is 4.36. The molecule has 0 fully saturated rings. The van der Waals surface area contributed by atoms with Crippen LogP contribution >= 0.6 is 11.6 Å². The Morgan fingerprint density at radius 1 is 1.05 bits per heavy atom. The highest BCUT2D eigenvalue weighted by atomic mass is 35.5. The third-order valence-electron chi connectivity index (χ3n) is 3.15. The van der Waals surface area contributed by atoms with Gasteiger partial charge in [-0.25, -0.2) is 0 Å². The molecule has 2 aromatic carbocycles. The van der Waals surface area contributed by atoms with Gasteiger partial charge in [-0.15, -0.1) is 0 Å². The second-order valence-corrected chi connectivity index (χ2v) is 6.22. The lowest BCUT2D eigenvalue weighted by Gasteiger charge is -2.19. The third-order valence-corrected chi connectivity index (χ3v) is 3.38. The molecular formula is C17H19ClO2. The van der Waals surface area contributed by atoms with Crippen LogP contribution in [0.3, 0.4) is 0 Å². The van der Waals surface area contributed by atoms with Crippen molar-refractivity contribution in [2.45, 2.75) is 32.8 Å². The van der Waals surface area contributed by atoms with Crippen molar-refractivity contribution in [2.75, 3.05) is 0 Å². The molecule has 0 spiro atoms. The Labute approximate surface area is 125 Å². The van der Waals surface area contributed by atoms with Crippen LogP contribution in [0.2, 0.25) is 5.02 Å². The molecule has 1 N–H and O–H groups in total. The SMILES string of the molecule is CC(C)(C)c1ccc(Oc2cc(Cl)ccc2CO)cc1. The van der Waals surface area contributed by atoms with E-state index >= 15 is 0 Å². The number of ether oxygens (including phenoxy) is 1. The van der Waals surface area contributed by atoms with Crippen LogP contribution in [0, 0.1) is 0 Å². The van der Waals surface area contributed by atoms with E-state index in [0.29, 0.717) is 16.3 Å². The Morgan fingerprint density at radius 3 is 2.25 bits per heavy atom. The van der Waals surface area contributed by atoms with Crippen molar-refractivity contribution in [2.24, 2.45) is 0 Å². The van der Waals surface area contributed by atoms with Crippen molar-refractivity contribution in [3.8, 4) is 11.5 Å². The molecule has 0 heterocycles. The van der Waals surface area contributed by atoms with E-state index in [1.165, 1.54) is 5.56 Å². The van der Waals surface area contributed by atoms with E-state index in [9.17, 15) is 5.11 Å². The zero-order valence-corrected chi connectivity index (χ0v) is 12.7. The standard InChI is InChI=1S/C17H19ClO2/c1-17(2,3)13-5-8-15(9-6-13)20-16-10-14(18)7-4-12(16)11-19/h4-10,19H,11H2,1-3H3. The minimum Gasteiger partial charge on any atom is -0.457 e. The summed E-state index contributed by atoms with van der Waals surface area (Å²) in [5, 5.41) is 9.90. The highest BCUT2D eigenvalue weighted by molar-refractivity contribution is 6.30. The van der Waals surface area contributed by atoms with Gasteiger partial charge in [-0.2, -0.15) is 0 Å². The molecular weight excluding hydrogens is 272 g/mol. The van der Waals surface area contributed by atoms with Gasteiger partial charge in [0.2, 0.25) is 0 Å². The van der Waals surface area contributed by atoms with Gasteiger partial charge in [-0.3, -0.25) is 0 Å². The van der Waals surface area contributed by atoms with Gasteiger partial charge < -0.3 is 9.84 Å². The number of hydrogen-bond acceptors (Lipinski definition) is 2. The van der Waals surface area contributed by atoms with Crippen molar-refractivity contribution >= 4 is 11.6 Å². The summed E-state index contributed by atoms with van der Waals surface area (Å²) in [6.45, 7) is 6.43. The van der Waals surface area contributed by atoms with Crippen LogP contribution in [-0.2, 0) is 12.0 Å². The largest absolute Gasteiger partial charge is 0.457 e. The first kappa shape index (κ1) is 14.9. The molecule has 0 amide bonds. The van der Waals surface area contributed by atoms with Gasteiger partial charge in [-0.1, -0.05) is 50.6 Å². The highest BCUT2D eigenvalue weighted by Crippen LogP contribution is 2.30. The highest BCUT2D eigenvalue weighted by Gasteiger charge is 2.13. The van der Waals surface area contributed by atoms with Crippen LogP contribution in [0.4, 0.5) is 0 Å². The van der Waals surface area contributed by atoms with Crippen molar-refractivity contribution in [1.82, 2.24) is 0 Å². The molecule has 0 radical (unpaired) electrons. The maximum absolute atomic E-state index is 9.32. The van der Waals surface area contributed by atoms with Crippen LogP contribution in [-0.4, -0.2) is 5.11 Å². The maximum Gasteiger partial charge on any atom is 0.134 e. The van der Waals surface area contributed by atoms with Gasteiger partial charge in [-0.05, 0) is 35.2 Å². The molecule has 0 aliphatic rings. The lowest BCUT2D eigenvalue weighted by molar-refractivity contribution is 0.276. The fourth-order valence-corrected chi connectivity index (χ4v) is 2.07. The Hall–Kier alpha value is -1.51. The van der Waals surface area contributed by atoms with E-state index in [4.69, 9.17) is 16.3 Å². The fraction of sp³-hybridized carbons (Fsp3) is 0.294. The monoisotopic (exact) mass is 290 g/mol. The van der Waals surface area contributed by atoms with Gasteiger partial charge in [0, 0.05) is 10.6 Å². The van der Waals surface area contributed by atoms with Gasteiger partial charge >= 0.3 is 0 Å². The van der Waals surface area contributed by atoms with Crippen LogP contribution in [0.5, 0.6) is 11.5 Å². The molecule has 0 saturated carbocycles. The van der Waals surface area contributed by atoms with E-state index in [0.717, 1.165) is 5.75 Å². The van der Waals surface area contributed by atoms with E-state index in [-0.39, 0.29) is 12.0 Å². The number of halogens is 1. The molecule has 3 heteroatoms. The van der Waals surface area contributed by atoms with E-state index < -0.39 is 0 Å². The lowest BCUT2D eigenvalue weighted by Crippen LogP contribution is -2.10. The molecule has 0 aromatic heterocycles. The Bertz CT molecular complexity index is 583. The zero-order valence-electron chi connectivity index (χ0n) is 12.0. The summed E-state index contributed by atoms with van der Waals surface area (Å²) in [6, 6.07) is 13.2. The molecule has 2 nitrogen and oxygen atoms in total. The Morgan fingerprint density at radius 2 is 1.70 bits per heavy atom. The fourth-order valence-electron chi connectivity index (χ4n) is 1.90. The molecule has 106 valence electrons. The summed E-state index contributed by atoms with van der Waals surface area (Å²) in [5.74, 6) is 1.32. The minimum absolute atomic E-state index is 0.0768. The van der Waals surface area contributed by atoms with Gasteiger partial charge in [0.05, 0.1) is 6.61 Å². The van der Waals surface area contributed by atoms with Crippen LogP contribution in [0.15, 0.2) is 42.5 Å². The first-order valence-corrected chi connectivity index (χ1v) is 6.95. The Balaban J connectivity index is 2.24. The van der Waals surface area contributed by atoms with Gasteiger partial charge in [0.1, 0.15) is 11.5 Å². The average molecular weight is 291 g/mol. The van der Waals surface area contributed by atoms with Gasteiger partial charge in [0.15, 0.2) is 0 Å². The second kappa shape index (κ2) is 5.86. The molecule has 0 saturated heterocycles. The van der Waals surface area contributed by atoms with Crippen LogP contribution < -0.4 is 4.74 Å². The topological polar surface area (TPSA) is 29.5 Å². The summed E-state index contributed by atoms with van der Waals surface area (Å²) in [5.41, 5.74) is 2.08. The molecule has 2 rings (SSSR count). The molecule has 0 bridgehead atoms.